The van der Waals surface area contributed by atoms with Gasteiger partial charge in [0.15, 0.2) is 0 Å². The first-order valence-electron chi connectivity index (χ1n) is 12.5. The number of hydrogen-bond acceptors (Lipinski definition) is 5. The Kier molecular flexibility index (Phi) is 6.93. The molecule has 0 saturated heterocycles. The van der Waals surface area contributed by atoms with Crippen LogP contribution in [0.3, 0.4) is 0 Å². The van der Waals surface area contributed by atoms with Gasteiger partial charge >= 0.3 is 0 Å². The van der Waals surface area contributed by atoms with E-state index in [0.29, 0.717) is 23.5 Å². The van der Waals surface area contributed by atoms with E-state index in [4.69, 9.17) is 4.99 Å². The van der Waals surface area contributed by atoms with Gasteiger partial charge in [0.25, 0.3) is 5.91 Å². The largest absolute Gasteiger partial charge is 0.372 e. The summed E-state index contributed by atoms with van der Waals surface area (Å²) in [4.78, 5) is 38.6. The van der Waals surface area contributed by atoms with Gasteiger partial charge in [-0.3, -0.25) is 14.6 Å². The van der Waals surface area contributed by atoms with Gasteiger partial charge in [0, 0.05) is 54.3 Å². The number of allylic oxidation sites excluding steroid dienone is 1. The summed E-state index contributed by atoms with van der Waals surface area (Å²) in [6.07, 6.45) is 2.96. The number of nitrogens with zero attached hydrogens (tertiary/aromatic N) is 3. The molecule has 2 atom stereocenters. The van der Waals surface area contributed by atoms with Gasteiger partial charge in [0.1, 0.15) is 11.6 Å². The molecule has 2 aromatic rings. The summed E-state index contributed by atoms with van der Waals surface area (Å²) in [5, 5.41) is 2.95. The third-order valence-electron chi connectivity index (χ3n) is 7.14. The SMILES string of the molecule is CCN(CC)c1ccc([C@H]2C(C(=O)Nc3ccc(C)cn3)=C(C)N=C3CC(C)(C)CC(=O)C32)cc1. The maximum absolute atomic E-state index is 13.6. The zero-order chi connectivity index (χ0) is 25.3. The van der Waals surface area contributed by atoms with Crippen molar-refractivity contribution in [2.75, 3.05) is 23.3 Å². The minimum absolute atomic E-state index is 0.130. The van der Waals surface area contributed by atoms with Crippen molar-refractivity contribution in [1.29, 1.82) is 0 Å². The van der Waals surface area contributed by atoms with E-state index in [1.165, 1.54) is 0 Å². The van der Waals surface area contributed by atoms with Crippen LogP contribution in [0.2, 0.25) is 0 Å². The Morgan fingerprint density at radius 1 is 1.03 bits per heavy atom. The Bertz CT molecular complexity index is 1170. The molecule has 0 spiro atoms. The number of carbonyl (C=O) groups is 2. The van der Waals surface area contributed by atoms with Gasteiger partial charge in [-0.15, -0.1) is 0 Å². The number of fused-ring (bicyclic) bond motifs is 1. The van der Waals surface area contributed by atoms with E-state index in [1.54, 1.807) is 12.3 Å². The summed E-state index contributed by atoms with van der Waals surface area (Å²) in [6.45, 7) is 14.2. The summed E-state index contributed by atoms with van der Waals surface area (Å²) < 4.78 is 0. The van der Waals surface area contributed by atoms with Crippen LogP contribution in [0.1, 0.15) is 64.5 Å². The van der Waals surface area contributed by atoms with Crippen LogP contribution < -0.4 is 10.2 Å². The highest BCUT2D eigenvalue weighted by Gasteiger charge is 2.47. The summed E-state index contributed by atoms with van der Waals surface area (Å²) in [6, 6.07) is 12.0. The summed E-state index contributed by atoms with van der Waals surface area (Å²) in [7, 11) is 0. The molecule has 4 rings (SSSR count). The molecule has 6 nitrogen and oxygen atoms in total. The van der Waals surface area contributed by atoms with E-state index in [9.17, 15) is 9.59 Å². The van der Waals surface area contributed by atoms with Crippen LogP contribution in [0.25, 0.3) is 0 Å². The highest BCUT2D eigenvalue weighted by atomic mass is 16.2. The first kappa shape index (κ1) is 24.8. The number of aryl methyl sites for hydroxylation is 1. The molecule has 1 aromatic carbocycles. The number of ketones is 1. The number of hydrogen-bond donors (Lipinski definition) is 1. The van der Waals surface area contributed by atoms with E-state index in [-0.39, 0.29) is 23.0 Å². The van der Waals surface area contributed by atoms with Crippen LogP contribution in [0, 0.1) is 18.3 Å². The Hall–Kier alpha value is -3.28. The van der Waals surface area contributed by atoms with Crippen LogP contribution in [0.15, 0.2) is 58.9 Å². The Morgan fingerprint density at radius 3 is 2.31 bits per heavy atom. The lowest BCUT2D eigenvalue weighted by Gasteiger charge is -2.41. The van der Waals surface area contributed by atoms with Crippen LogP contribution in [-0.2, 0) is 9.59 Å². The zero-order valence-electron chi connectivity index (χ0n) is 21.7. The Morgan fingerprint density at radius 2 is 1.71 bits per heavy atom. The van der Waals surface area contributed by atoms with Gasteiger partial charge in [0.05, 0.1) is 5.92 Å². The lowest BCUT2D eigenvalue weighted by molar-refractivity contribution is -0.124. The van der Waals surface area contributed by atoms with E-state index in [1.807, 2.05) is 19.9 Å². The molecule has 0 radical (unpaired) electrons. The first-order valence-corrected chi connectivity index (χ1v) is 12.5. The molecule has 1 aliphatic heterocycles. The number of amides is 1. The summed E-state index contributed by atoms with van der Waals surface area (Å²) in [5.41, 5.74) is 5.10. The number of aromatic nitrogens is 1. The van der Waals surface area contributed by atoms with Crippen molar-refractivity contribution in [3.05, 3.63) is 65.0 Å². The topological polar surface area (TPSA) is 74.7 Å². The van der Waals surface area contributed by atoms with Crippen molar-refractivity contribution >= 4 is 28.9 Å². The number of carbonyl (C=O) groups excluding carboxylic acids is 2. The van der Waals surface area contributed by atoms with E-state index in [2.05, 4.69) is 67.2 Å². The fraction of sp³-hybridized carbons (Fsp3) is 0.448. The van der Waals surface area contributed by atoms with E-state index < -0.39 is 5.92 Å². The molecule has 1 aromatic heterocycles. The first-order chi connectivity index (χ1) is 16.6. The third-order valence-corrected chi connectivity index (χ3v) is 7.14. The number of benzene rings is 1. The van der Waals surface area contributed by atoms with Gasteiger partial charge < -0.3 is 10.2 Å². The summed E-state index contributed by atoms with van der Waals surface area (Å²) in [5.74, 6) is -0.399. The predicted molar refractivity (Wildman–Crippen MR) is 142 cm³/mol. The molecular formula is C29H36N4O2. The average molecular weight is 473 g/mol. The molecule has 1 fully saturated rings. The highest BCUT2D eigenvalue weighted by Crippen LogP contribution is 2.47. The molecule has 1 N–H and O–H groups in total. The summed E-state index contributed by atoms with van der Waals surface area (Å²) >= 11 is 0. The van der Waals surface area contributed by atoms with Crippen LogP contribution in [0.5, 0.6) is 0 Å². The monoisotopic (exact) mass is 472 g/mol. The lowest BCUT2D eigenvalue weighted by Crippen LogP contribution is -2.44. The number of rotatable bonds is 6. The molecule has 1 aliphatic carbocycles. The normalized spacial score (nSPS) is 21.3. The van der Waals surface area contributed by atoms with Crippen molar-refractivity contribution in [2.24, 2.45) is 16.3 Å². The van der Waals surface area contributed by atoms with Crippen molar-refractivity contribution < 1.29 is 9.59 Å². The molecule has 2 aliphatic rings. The zero-order valence-corrected chi connectivity index (χ0v) is 21.7. The molecule has 0 bridgehead atoms. The number of pyridine rings is 1. The molecule has 35 heavy (non-hydrogen) atoms. The van der Waals surface area contributed by atoms with Crippen molar-refractivity contribution in [3.63, 3.8) is 0 Å². The smallest absolute Gasteiger partial charge is 0.255 e. The second kappa shape index (κ2) is 9.76. The van der Waals surface area contributed by atoms with Gasteiger partial charge in [-0.05, 0) is 68.9 Å². The maximum Gasteiger partial charge on any atom is 0.255 e. The number of aliphatic imine (C=N–C) groups is 1. The van der Waals surface area contributed by atoms with Crippen LogP contribution in [-0.4, -0.2) is 35.5 Å². The number of Topliss-reactive ketones (excluding diaryl/α,β-unsaturated/α-hetero) is 1. The molecule has 1 unspecified atom stereocenters. The van der Waals surface area contributed by atoms with Crippen LogP contribution in [0.4, 0.5) is 11.5 Å². The molecule has 2 heterocycles. The molecule has 184 valence electrons. The minimum Gasteiger partial charge on any atom is -0.372 e. The fourth-order valence-corrected chi connectivity index (χ4v) is 5.46. The Balaban J connectivity index is 1.77. The fourth-order valence-electron chi connectivity index (χ4n) is 5.46. The van der Waals surface area contributed by atoms with Crippen molar-refractivity contribution in [2.45, 2.75) is 60.3 Å². The van der Waals surface area contributed by atoms with Gasteiger partial charge in [-0.2, -0.15) is 0 Å². The molecular weight excluding hydrogens is 436 g/mol. The lowest BCUT2D eigenvalue weighted by atomic mass is 9.63. The number of nitrogens with one attached hydrogen (secondary N) is 1. The third kappa shape index (κ3) is 5.07. The predicted octanol–water partition coefficient (Wildman–Crippen LogP) is 5.69. The number of anilines is 2. The second-order valence-electron chi connectivity index (χ2n) is 10.5. The average Bonchev–Trinajstić information content (AvgIpc) is 2.80. The van der Waals surface area contributed by atoms with Crippen molar-refractivity contribution in [1.82, 2.24) is 4.98 Å². The standard InChI is InChI=1S/C29H36N4O2/c1-7-33(8-2)21-12-10-20(11-13-21)26-25(28(35)32-24-14-9-18(3)17-30-24)19(4)31-22-15-29(5,6)16-23(34)27(22)26/h9-14,17,26-27H,7-8,15-16H2,1-6H3,(H,30,32,35)/t26-,27?/m0/s1. The Labute approximate surface area is 208 Å². The van der Waals surface area contributed by atoms with E-state index in [0.717, 1.165) is 42.0 Å². The van der Waals surface area contributed by atoms with Gasteiger partial charge in [0.2, 0.25) is 0 Å². The molecule has 6 heteroatoms. The van der Waals surface area contributed by atoms with E-state index >= 15 is 0 Å². The molecule has 1 amide bonds. The maximum atomic E-state index is 13.6. The van der Waals surface area contributed by atoms with Gasteiger partial charge in [-0.25, -0.2) is 4.98 Å². The van der Waals surface area contributed by atoms with Gasteiger partial charge in [-0.1, -0.05) is 32.0 Å². The molecule has 1 saturated carbocycles. The quantitative estimate of drug-likeness (QED) is 0.586. The van der Waals surface area contributed by atoms with Crippen molar-refractivity contribution in [3.8, 4) is 0 Å². The second-order valence-corrected chi connectivity index (χ2v) is 10.5. The minimum atomic E-state index is -0.419. The highest BCUT2D eigenvalue weighted by molar-refractivity contribution is 6.14. The van der Waals surface area contributed by atoms with Crippen LogP contribution >= 0.6 is 0 Å².